The normalized spacial score (nSPS) is 20.1. The molecule has 1 N–H and O–H groups in total. The van der Waals surface area contributed by atoms with Crippen molar-refractivity contribution < 1.29 is 9.66 Å². The standard InChI is InChI=1S/C10H12N2O3/c13-12(14)8-1-3-9(4-2-8)15-10-5-6-11-7-10/h1-4,10-11H,5-7H2. The summed E-state index contributed by atoms with van der Waals surface area (Å²) in [6.45, 7) is 1.81. The fourth-order valence-corrected chi connectivity index (χ4v) is 1.57. The van der Waals surface area contributed by atoms with Crippen LogP contribution in [0.25, 0.3) is 0 Å². The first kappa shape index (κ1) is 9.92. The number of hydrogen-bond acceptors (Lipinski definition) is 4. The quantitative estimate of drug-likeness (QED) is 0.601. The molecule has 1 heterocycles. The van der Waals surface area contributed by atoms with E-state index in [9.17, 15) is 10.1 Å². The number of nitro groups is 1. The predicted octanol–water partition coefficient (Wildman–Crippen LogP) is 1.34. The van der Waals surface area contributed by atoms with Gasteiger partial charge in [0.15, 0.2) is 0 Å². The van der Waals surface area contributed by atoms with Crippen molar-refractivity contribution in [1.29, 1.82) is 0 Å². The molecule has 0 saturated carbocycles. The lowest BCUT2D eigenvalue weighted by Gasteiger charge is -2.11. The average Bonchev–Trinajstić information content (AvgIpc) is 2.71. The van der Waals surface area contributed by atoms with E-state index in [0.717, 1.165) is 19.5 Å². The molecule has 1 aliphatic rings. The first-order valence-corrected chi connectivity index (χ1v) is 4.87. The van der Waals surface area contributed by atoms with E-state index in [1.54, 1.807) is 12.1 Å². The molecular formula is C10H12N2O3. The highest BCUT2D eigenvalue weighted by Gasteiger charge is 2.16. The van der Waals surface area contributed by atoms with Crippen molar-refractivity contribution in [2.75, 3.05) is 13.1 Å². The molecule has 1 fully saturated rings. The Morgan fingerprint density at radius 3 is 2.67 bits per heavy atom. The zero-order valence-corrected chi connectivity index (χ0v) is 8.18. The number of ether oxygens (including phenoxy) is 1. The smallest absolute Gasteiger partial charge is 0.269 e. The van der Waals surface area contributed by atoms with Gasteiger partial charge in [-0.3, -0.25) is 10.1 Å². The van der Waals surface area contributed by atoms with Gasteiger partial charge in [-0.15, -0.1) is 0 Å². The summed E-state index contributed by atoms with van der Waals surface area (Å²) in [7, 11) is 0. The zero-order valence-electron chi connectivity index (χ0n) is 8.18. The van der Waals surface area contributed by atoms with Gasteiger partial charge >= 0.3 is 0 Å². The predicted molar refractivity (Wildman–Crippen MR) is 55.0 cm³/mol. The second kappa shape index (κ2) is 4.27. The van der Waals surface area contributed by atoms with Crippen molar-refractivity contribution >= 4 is 5.69 Å². The molecule has 0 radical (unpaired) electrons. The fourth-order valence-electron chi connectivity index (χ4n) is 1.57. The average molecular weight is 208 g/mol. The molecule has 80 valence electrons. The molecular weight excluding hydrogens is 196 g/mol. The van der Waals surface area contributed by atoms with Crippen LogP contribution in [0.5, 0.6) is 5.75 Å². The summed E-state index contributed by atoms with van der Waals surface area (Å²) in [5.74, 6) is 0.689. The topological polar surface area (TPSA) is 64.4 Å². The van der Waals surface area contributed by atoms with Gasteiger partial charge in [0.1, 0.15) is 11.9 Å². The second-order valence-electron chi connectivity index (χ2n) is 3.48. The molecule has 0 spiro atoms. The lowest BCUT2D eigenvalue weighted by Crippen LogP contribution is -2.19. The first-order chi connectivity index (χ1) is 7.25. The molecule has 0 amide bonds. The van der Waals surface area contributed by atoms with Crippen LogP contribution in [0.15, 0.2) is 24.3 Å². The van der Waals surface area contributed by atoms with Crippen LogP contribution in [0.4, 0.5) is 5.69 Å². The van der Waals surface area contributed by atoms with Crippen molar-refractivity contribution in [3.05, 3.63) is 34.4 Å². The Labute approximate surface area is 87.2 Å². The lowest BCUT2D eigenvalue weighted by atomic mass is 10.3. The van der Waals surface area contributed by atoms with E-state index in [0.29, 0.717) is 5.75 Å². The van der Waals surface area contributed by atoms with Crippen molar-refractivity contribution in [2.45, 2.75) is 12.5 Å². The highest BCUT2D eigenvalue weighted by atomic mass is 16.6. The Morgan fingerprint density at radius 1 is 1.40 bits per heavy atom. The van der Waals surface area contributed by atoms with E-state index < -0.39 is 4.92 Å². The minimum atomic E-state index is -0.416. The van der Waals surface area contributed by atoms with Gasteiger partial charge in [0.25, 0.3) is 5.69 Å². The number of nitro benzene ring substituents is 1. The van der Waals surface area contributed by atoms with Gasteiger partial charge in [-0.05, 0) is 25.1 Å². The molecule has 1 aliphatic heterocycles. The highest BCUT2D eigenvalue weighted by Crippen LogP contribution is 2.19. The van der Waals surface area contributed by atoms with Crippen LogP contribution < -0.4 is 10.1 Å². The lowest BCUT2D eigenvalue weighted by molar-refractivity contribution is -0.384. The third kappa shape index (κ3) is 2.44. The van der Waals surface area contributed by atoms with Crippen molar-refractivity contribution in [1.82, 2.24) is 5.32 Å². The summed E-state index contributed by atoms with van der Waals surface area (Å²) in [5.41, 5.74) is 0.0897. The SMILES string of the molecule is O=[N+]([O-])c1ccc(OC2CCNC2)cc1. The first-order valence-electron chi connectivity index (χ1n) is 4.87. The van der Waals surface area contributed by atoms with E-state index in [-0.39, 0.29) is 11.8 Å². The Hall–Kier alpha value is -1.62. The van der Waals surface area contributed by atoms with Gasteiger partial charge in [-0.25, -0.2) is 0 Å². The molecule has 15 heavy (non-hydrogen) atoms. The van der Waals surface area contributed by atoms with Gasteiger partial charge in [0.2, 0.25) is 0 Å². The molecule has 1 aromatic carbocycles. The fraction of sp³-hybridized carbons (Fsp3) is 0.400. The number of nitrogens with one attached hydrogen (secondary N) is 1. The van der Waals surface area contributed by atoms with Gasteiger partial charge < -0.3 is 10.1 Å². The summed E-state index contributed by atoms with van der Waals surface area (Å²) in [6, 6.07) is 6.18. The molecule has 2 rings (SSSR count). The summed E-state index contributed by atoms with van der Waals surface area (Å²) < 4.78 is 5.62. The van der Waals surface area contributed by atoms with Crippen LogP contribution >= 0.6 is 0 Å². The molecule has 5 heteroatoms. The van der Waals surface area contributed by atoms with Gasteiger partial charge in [-0.2, -0.15) is 0 Å². The minimum absolute atomic E-state index is 0.0897. The zero-order chi connectivity index (χ0) is 10.7. The van der Waals surface area contributed by atoms with Crippen molar-refractivity contribution in [3.8, 4) is 5.75 Å². The van der Waals surface area contributed by atoms with Crippen molar-refractivity contribution in [2.24, 2.45) is 0 Å². The molecule has 0 bridgehead atoms. The molecule has 0 aromatic heterocycles. The summed E-state index contributed by atoms with van der Waals surface area (Å²) in [4.78, 5) is 10.00. The number of non-ortho nitro benzene ring substituents is 1. The third-order valence-electron chi connectivity index (χ3n) is 2.37. The Morgan fingerprint density at radius 2 is 2.13 bits per heavy atom. The molecule has 1 atom stereocenters. The Balaban J connectivity index is 2.00. The van der Waals surface area contributed by atoms with E-state index in [1.807, 2.05) is 0 Å². The maximum absolute atomic E-state index is 10.4. The van der Waals surface area contributed by atoms with Gasteiger partial charge in [0, 0.05) is 18.7 Å². The van der Waals surface area contributed by atoms with Crippen molar-refractivity contribution in [3.63, 3.8) is 0 Å². The van der Waals surface area contributed by atoms with E-state index in [2.05, 4.69) is 5.32 Å². The minimum Gasteiger partial charge on any atom is -0.489 e. The van der Waals surface area contributed by atoms with Crippen LogP contribution in [-0.2, 0) is 0 Å². The van der Waals surface area contributed by atoms with E-state index >= 15 is 0 Å². The second-order valence-corrected chi connectivity index (χ2v) is 3.48. The Bertz CT molecular complexity index is 344. The number of hydrogen-bond donors (Lipinski definition) is 1. The molecule has 1 unspecified atom stereocenters. The van der Waals surface area contributed by atoms with Crippen LogP contribution in [0.1, 0.15) is 6.42 Å². The maximum Gasteiger partial charge on any atom is 0.269 e. The van der Waals surface area contributed by atoms with Crippen LogP contribution in [0.3, 0.4) is 0 Å². The van der Waals surface area contributed by atoms with Crippen LogP contribution in [0, 0.1) is 10.1 Å². The van der Waals surface area contributed by atoms with Gasteiger partial charge in [-0.1, -0.05) is 0 Å². The number of rotatable bonds is 3. The maximum atomic E-state index is 10.4. The van der Waals surface area contributed by atoms with E-state index in [1.165, 1.54) is 12.1 Å². The highest BCUT2D eigenvalue weighted by molar-refractivity contribution is 5.36. The Kier molecular flexibility index (Phi) is 2.82. The number of nitrogens with zero attached hydrogens (tertiary/aromatic N) is 1. The summed E-state index contributed by atoms with van der Waals surface area (Å²) >= 11 is 0. The van der Waals surface area contributed by atoms with Gasteiger partial charge in [0.05, 0.1) is 4.92 Å². The van der Waals surface area contributed by atoms with Crippen LogP contribution in [0.2, 0.25) is 0 Å². The molecule has 1 aromatic rings. The molecule has 0 aliphatic carbocycles. The van der Waals surface area contributed by atoms with E-state index in [4.69, 9.17) is 4.74 Å². The largest absolute Gasteiger partial charge is 0.489 e. The van der Waals surface area contributed by atoms with Crippen LogP contribution in [-0.4, -0.2) is 24.1 Å². The monoisotopic (exact) mass is 208 g/mol. The molecule has 5 nitrogen and oxygen atoms in total. The number of benzene rings is 1. The summed E-state index contributed by atoms with van der Waals surface area (Å²) in [6.07, 6.45) is 1.17. The third-order valence-corrected chi connectivity index (χ3v) is 2.37. The summed E-state index contributed by atoms with van der Waals surface area (Å²) in [5, 5.41) is 13.6. The molecule has 1 saturated heterocycles.